The topological polar surface area (TPSA) is 20.2 Å². The van der Waals surface area contributed by atoms with Crippen molar-refractivity contribution < 1.29 is 5.11 Å². The fourth-order valence-corrected chi connectivity index (χ4v) is 0. The molecule has 1 nitrogen and oxygen atoms in total. The van der Waals surface area contributed by atoms with Gasteiger partial charge in [-0.15, -0.1) is 0 Å². The zero-order valence-electron chi connectivity index (χ0n) is 3.44. The summed E-state index contributed by atoms with van der Waals surface area (Å²) >= 11 is 0. The average Bonchev–Trinajstić information content (AvgIpc) is 1.38. The van der Waals surface area contributed by atoms with E-state index in [0.29, 0.717) is 0 Å². The molecule has 5 heavy (non-hydrogen) atoms. The maximum absolute atomic E-state index is 8.25. The lowest BCUT2D eigenvalue weighted by Crippen LogP contribution is -1.93. The molecule has 0 aromatic heterocycles. The molecule has 0 aliphatic heterocycles. The number of aliphatic hydroxyl groups excluding tert-OH is 1. The fraction of sp³-hybridized carbons (Fsp3) is 0.750. The Balaban J connectivity index is 2.54. The highest BCUT2D eigenvalue weighted by Crippen LogP contribution is 1.80. The highest BCUT2D eigenvalue weighted by Gasteiger charge is 1.91. The molecule has 0 spiro atoms. The molecule has 0 bridgehead atoms. The minimum absolute atomic E-state index is 0.366. The van der Waals surface area contributed by atoms with Gasteiger partial charge in [-0.25, -0.2) is 0 Å². The van der Waals surface area contributed by atoms with E-state index in [0.717, 1.165) is 6.42 Å². The van der Waals surface area contributed by atoms with Crippen molar-refractivity contribution in [1.29, 1.82) is 0 Å². The zero-order valence-corrected chi connectivity index (χ0v) is 3.44. The van der Waals surface area contributed by atoms with Gasteiger partial charge in [0.1, 0.15) is 0 Å². The molecule has 0 amide bonds. The van der Waals surface area contributed by atoms with Gasteiger partial charge >= 0.3 is 0 Å². The van der Waals surface area contributed by atoms with Crippen molar-refractivity contribution in [3.05, 3.63) is 6.92 Å². The van der Waals surface area contributed by atoms with Crippen LogP contribution in [0.15, 0.2) is 0 Å². The average molecular weight is 73.1 g/mol. The molecule has 1 atom stereocenters. The first-order valence-corrected chi connectivity index (χ1v) is 1.78. The van der Waals surface area contributed by atoms with Gasteiger partial charge in [0.05, 0.1) is 6.92 Å². The molecule has 0 aliphatic rings. The van der Waals surface area contributed by atoms with E-state index < -0.39 is 0 Å². The van der Waals surface area contributed by atoms with Crippen molar-refractivity contribution >= 4 is 0 Å². The second-order valence-corrected chi connectivity index (χ2v) is 1.06. The molecule has 0 heterocycles. The molecular weight excluding hydrogens is 64.0 g/mol. The second kappa shape index (κ2) is 2.09. The third kappa shape index (κ3) is 3.83. The molecule has 0 fully saturated rings. The molecule has 0 aromatic carbocycles. The van der Waals surface area contributed by atoms with Crippen molar-refractivity contribution in [2.75, 3.05) is 0 Å². The monoisotopic (exact) mass is 73.1 g/mol. The highest BCUT2D eigenvalue weighted by atomic mass is 16.3. The largest absolute Gasteiger partial charge is 0.353 e. The fourth-order valence-electron chi connectivity index (χ4n) is 0. The van der Waals surface area contributed by atoms with Gasteiger partial charge in [-0.1, -0.05) is 6.92 Å². The summed E-state index contributed by atoms with van der Waals surface area (Å²) < 4.78 is 0. The van der Waals surface area contributed by atoms with Gasteiger partial charge in [-0.2, -0.15) is 0 Å². The van der Waals surface area contributed by atoms with Crippen LogP contribution in [-0.4, -0.2) is 11.2 Å². The highest BCUT2D eigenvalue weighted by molar-refractivity contribution is 4.49. The Morgan fingerprint density at radius 2 is 2.20 bits per heavy atom. The van der Waals surface area contributed by atoms with Gasteiger partial charge in [0.2, 0.25) is 0 Å². The van der Waals surface area contributed by atoms with Crippen LogP contribution < -0.4 is 0 Å². The Hall–Kier alpha value is -0.170. The smallest absolute Gasteiger partial charge is 0.191 e. The molecule has 1 N–H and O–H groups in total. The second-order valence-electron chi connectivity index (χ2n) is 1.06. The molecule has 0 saturated carbocycles. The number of hydrogen-bond acceptors (Lipinski definition) is 1. The lowest BCUT2D eigenvalue weighted by molar-refractivity contribution is 0.216. The minimum Gasteiger partial charge on any atom is -0.353 e. The van der Waals surface area contributed by atoms with E-state index in [1.807, 2.05) is 6.92 Å². The lowest BCUT2D eigenvalue weighted by atomic mass is 10.3. The number of rotatable bonds is 1. The first kappa shape index (κ1) is 4.83. The number of hydrogen-bond donors (Lipinski definition) is 1. The van der Waals surface area contributed by atoms with Crippen molar-refractivity contribution in [1.82, 2.24) is 0 Å². The molecule has 1 unspecified atom stereocenters. The summed E-state index contributed by atoms with van der Waals surface area (Å²) in [4.78, 5) is 0. The molecule has 0 rings (SSSR count). The van der Waals surface area contributed by atoms with Crippen LogP contribution in [0, 0.1) is 6.92 Å². The molecular formula is C4H9O+. The zero-order chi connectivity index (χ0) is 4.28. The summed E-state index contributed by atoms with van der Waals surface area (Å²) in [7, 11) is 0. The standard InChI is InChI=1S/C4H9O/c1-3-4(2)5/h4-5H,2-3H2,1H3/q+1. The van der Waals surface area contributed by atoms with Gasteiger partial charge in [0, 0.05) is 6.42 Å². The summed E-state index contributed by atoms with van der Waals surface area (Å²) in [5, 5.41) is 8.25. The molecule has 0 aliphatic carbocycles. The Morgan fingerprint density at radius 1 is 2.00 bits per heavy atom. The normalized spacial score (nSPS) is 14.8. The van der Waals surface area contributed by atoms with Crippen LogP contribution in [0.2, 0.25) is 0 Å². The first-order chi connectivity index (χ1) is 2.27. The maximum Gasteiger partial charge on any atom is 0.191 e. The lowest BCUT2D eigenvalue weighted by Gasteiger charge is -1.81. The van der Waals surface area contributed by atoms with E-state index in [1.165, 1.54) is 0 Å². The van der Waals surface area contributed by atoms with Crippen LogP contribution in [-0.2, 0) is 0 Å². The quantitative estimate of drug-likeness (QED) is 0.450. The minimum atomic E-state index is -0.366. The van der Waals surface area contributed by atoms with E-state index in [4.69, 9.17) is 5.11 Å². The van der Waals surface area contributed by atoms with Gasteiger partial charge in [0.25, 0.3) is 0 Å². The molecule has 0 aromatic rings. The Kier molecular flexibility index (Phi) is 2.02. The van der Waals surface area contributed by atoms with E-state index in [-0.39, 0.29) is 6.10 Å². The van der Waals surface area contributed by atoms with Crippen molar-refractivity contribution in [2.45, 2.75) is 19.4 Å². The van der Waals surface area contributed by atoms with Crippen molar-refractivity contribution in [3.8, 4) is 0 Å². The summed E-state index contributed by atoms with van der Waals surface area (Å²) in [6.07, 6.45) is 0.384. The Morgan fingerprint density at radius 3 is 2.20 bits per heavy atom. The summed E-state index contributed by atoms with van der Waals surface area (Å²) in [6.45, 7) is 5.20. The van der Waals surface area contributed by atoms with Gasteiger partial charge < -0.3 is 5.11 Å². The van der Waals surface area contributed by atoms with Crippen LogP contribution in [0.4, 0.5) is 0 Å². The Labute approximate surface area is 32.6 Å². The van der Waals surface area contributed by atoms with Crippen LogP contribution >= 0.6 is 0 Å². The summed E-state index contributed by atoms with van der Waals surface area (Å²) in [5.74, 6) is 0. The van der Waals surface area contributed by atoms with E-state index in [2.05, 4.69) is 6.92 Å². The maximum atomic E-state index is 8.25. The van der Waals surface area contributed by atoms with Crippen LogP contribution in [0.3, 0.4) is 0 Å². The first-order valence-electron chi connectivity index (χ1n) is 1.78. The predicted octanol–water partition coefficient (Wildman–Crippen LogP) is 0.591. The van der Waals surface area contributed by atoms with Crippen molar-refractivity contribution in [2.24, 2.45) is 0 Å². The molecule has 30 valence electrons. The number of aliphatic hydroxyl groups is 1. The SMILES string of the molecule is [CH2+]C(O)CC. The predicted molar refractivity (Wildman–Crippen MR) is 21.7 cm³/mol. The van der Waals surface area contributed by atoms with Gasteiger partial charge in [-0.05, 0) is 0 Å². The summed E-state index contributed by atoms with van der Waals surface area (Å²) in [5.41, 5.74) is 0. The third-order valence-electron chi connectivity index (χ3n) is 0.471. The molecule has 0 saturated heterocycles. The van der Waals surface area contributed by atoms with Crippen molar-refractivity contribution in [3.63, 3.8) is 0 Å². The Bertz CT molecular complexity index is 17.6. The van der Waals surface area contributed by atoms with E-state index in [9.17, 15) is 0 Å². The van der Waals surface area contributed by atoms with Crippen LogP contribution in [0.1, 0.15) is 13.3 Å². The summed E-state index contributed by atoms with van der Waals surface area (Å²) in [6, 6.07) is 0. The molecule has 0 radical (unpaired) electrons. The van der Waals surface area contributed by atoms with Gasteiger partial charge in [0.15, 0.2) is 6.10 Å². The van der Waals surface area contributed by atoms with E-state index >= 15 is 0 Å². The van der Waals surface area contributed by atoms with Gasteiger partial charge in [-0.3, -0.25) is 0 Å². The molecule has 1 heteroatoms. The third-order valence-corrected chi connectivity index (χ3v) is 0.471. The van der Waals surface area contributed by atoms with E-state index in [1.54, 1.807) is 0 Å². The van der Waals surface area contributed by atoms with Crippen LogP contribution in [0.5, 0.6) is 0 Å². The van der Waals surface area contributed by atoms with Crippen LogP contribution in [0.25, 0.3) is 0 Å².